The maximum Gasteiger partial charge on any atom is 0.192 e. The molecule has 0 aromatic heterocycles. The molecule has 0 bridgehead atoms. The van der Waals surface area contributed by atoms with Gasteiger partial charge in [-0.1, -0.05) is 32.9 Å². The maximum atomic E-state index is 6.48. The van der Waals surface area contributed by atoms with Gasteiger partial charge in [0.2, 0.25) is 0 Å². The summed E-state index contributed by atoms with van der Waals surface area (Å²) >= 11 is 0. The lowest BCUT2D eigenvalue weighted by atomic mass is 10.0. The van der Waals surface area contributed by atoms with E-state index in [0.717, 1.165) is 11.3 Å². The Kier molecular flexibility index (Phi) is 5.03. The third-order valence-corrected chi connectivity index (χ3v) is 10.5. The van der Waals surface area contributed by atoms with Crippen molar-refractivity contribution in [1.82, 2.24) is 5.32 Å². The second-order valence-corrected chi connectivity index (χ2v) is 14.4. The third kappa shape index (κ3) is 3.85. The Labute approximate surface area is 158 Å². The van der Waals surface area contributed by atoms with E-state index in [1.807, 2.05) is 32.0 Å². The number of benzene rings is 1. The van der Waals surface area contributed by atoms with Gasteiger partial charge in [-0.05, 0) is 49.7 Å². The maximum absolute atomic E-state index is 6.48. The molecule has 3 rings (SSSR count). The van der Waals surface area contributed by atoms with Gasteiger partial charge in [0.25, 0.3) is 0 Å². The van der Waals surface area contributed by atoms with Crippen molar-refractivity contribution in [3.05, 3.63) is 29.8 Å². The first-order chi connectivity index (χ1) is 11.9. The van der Waals surface area contributed by atoms with E-state index in [1.165, 1.54) is 0 Å². The zero-order chi connectivity index (χ0) is 19.3. The van der Waals surface area contributed by atoms with E-state index in [4.69, 9.17) is 19.6 Å². The van der Waals surface area contributed by atoms with Crippen molar-refractivity contribution in [1.29, 1.82) is 0 Å². The molecule has 0 radical (unpaired) electrons. The van der Waals surface area contributed by atoms with Gasteiger partial charge in [0.05, 0.1) is 18.7 Å². The van der Waals surface area contributed by atoms with E-state index in [9.17, 15) is 0 Å². The number of fused-ring (bicyclic) bond motifs is 1. The van der Waals surface area contributed by atoms with E-state index in [1.54, 1.807) is 0 Å². The molecule has 5 nitrogen and oxygen atoms in total. The molecule has 2 aliphatic rings. The monoisotopic (exact) mass is 378 g/mol. The molecule has 2 saturated heterocycles. The molecule has 1 aromatic rings. The third-order valence-electron chi connectivity index (χ3n) is 5.98. The standard InChI is InChI=1S/C20H34N2O3Si/c1-19(2,3)26(6,7)23-12-15-17-18(25-20(4,5)24-17)16(22-15)13-9-8-10-14(21)11-13/h8-11,15-18,22H,12,21H2,1-7H3/t15-,16+,17-,18+/m1/s1. The zero-order valence-electron chi connectivity index (χ0n) is 17.1. The Hall–Kier alpha value is -0.923. The summed E-state index contributed by atoms with van der Waals surface area (Å²) in [6.45, 7) is 15.9. The molecular weight excluding hydrogens is 344 g/mol. The van der Waals surface area contributed by atoms with Crippen molar-refractivity contribution in [3.8, 4) is 0 Å². The number of nitrogens with one attached hydrogen (secondary N) is 1. The van der Waals surface area contributed by atoms with Crippen LogP contribution in [0.4, 0.5) is 5.69 Å². The van der Waals surface area contributed by atoms with Gasteiger partial charge in [0, 0.05) is 5.69 Å². The Balaban J connectivity index is 1.79. The second kappa shape index (κ2) is 6.60. The van der Waals surface area contributed by atoms with Gasteiger partial charge in [-0.25, -0.2) is 0 Å². The molecule has 1 aromatic carbocycles. The first-order valence-electron chi connectivity index (χ1n) is 9.51. The molecule has 0 aliphatic carbocycles. The molecule has 0 spiro atoms. The van der Waals surface area contributed by atoms with Gasteiger partial charge < -0.3 is 25.0 Å². The van der Waals surface area contributed by atoms with E-state index in [0.29, 0.717) is 6.61 Å². The molecule has 0 amide bonds. The fraction of sp³-hybridized carbons (Fsp3) is 0.700. The number of hydrogen-bond donors (Lipinski definition) is 2. The first kappa shape index (κ1) is 19.8. The van der Waals surface area contributed by atoms with Crippen LogP contribution in [-0.2, 0) is 13.9 Å². The molecule has 0 unspecified atom stereocenters. The van der Waals surface area contributed by atoms with Crippen LogP contribution in [0.25, 0.3) is 0 Å². The fourth-order valence-electron chi connectivity index (χ4n) is 3.50. The number of nitrogen functional groups attached to an aromatic ring is 1. The molecule has 26 heavy (non-hydrogen) atoms. The minimum absolute atomic E-state index is 0.0267. The number of ether oxygens (including phenoxy) is 2. The normalized spacial score (nSPS) is 31.2. The smallest absolute Gasteiger partial charge is 0.192 e. The number of rotatable bonds is 4. The topological polar surface area (TPSA) is 65.7 Å². The van der Waals surface area contributed by atoms with Crippen LogP contribution in [0.2, 0.25) is 18.1 Å². The van der Waals surface area contributed by atoms with Gasteiger partial charge in [-0.2, -0.15) is 0 Å². The predicted octanol–water partition coefficient (Wildman–Crippen LogP) is 3.82. The Morgan fingerprint density at radius 3 is 2.46 bits per heavy atom. The Morgan fingerprint density at radius 2 is 1.85 bits per heavy atom. The zero-order valence-corrected chi connectivity index (χ0v) is 18.1. The SMILES string of the molecule is CC1(C)O[C@@H]2[C@H](O1)[C@@H](CO[Si](C)(C)C(C)(C)C)N[C@H]2c1cccc(N)c1. The van der Waals surface area contributed by atoms with Gasteiger partial charge >= 0.3 is 0 Å². The molecule has 4 atom stereocenters. The van der Waals surface area contributed by atoms with E-state index < -0.39 is 14.1 Å². The van der Waals surface area contributed by atoms with Crippen LogP contribution in [0.15, 0.2) is 24.3 Å². The number of anilines is 1. The van der Waals surface area contributed by atoms with Crippen molar-refractivity contribution in [2.45, 2.75) is 82.8 Å². The van der Waals surface area contributed by atoms with E-state index >= 15 is 0 Å². The van der Waals surface area contributed by atoms with E-state index in [2.05, 4.69) is 45.2 Å². The van der Waals surface area contributed by atoms with Crippen LogP contribution < -0.4 is 11.1 Å². The van der Waals surface area contributed by atoms with Crippen molar-refractivity contribution in [2.24, 2.45) is 0 Å². The summed E-state index contributed by atoms with van der Waals surface area (Å²) in [7, 11) is -1.82. The largest absolute Gasteiger partial charge is 0.415 e. The van der Waals surface area contributed by atoms with Crippen molar-refractivity contribution in [2.75, 3.05) is 12.3 Å². The van der Waals surface area contributed by atoms with Crippen LogP contribution in [-0.4, -0.2) is 39.0 Å². The summed E-state index contributed by atoms with van der Waals surface area (Å²) in [4.78, 5) is 0. The average molecular weight is 379 g/mol. The minimum atomic E-state index is -1.82. The van der Waals surface area contributed by atoms with Crippen LogP contribution >= 0.6 is 0 Å². The molecule has 2 fully saturated rings. The lowest BCUT2D eigenvalue weighted by Crippen LogP contribution is -2.47. The lowest BCUT2D eigenvalue weighted by molar-refractivity contribution is -0.157. The lowest BCUT2D eigenvalue weighted by Gasteiger charge is -2.37. The van der Waals surface area contributed by atoms with Gasteiger partial charge in [0.15, 0.2) is 14.1 Å². The predicted molar refractivity (Wildman–Crippen MR) is 107 cm³/mol. The summed E-state index contributed by atoms with van der Waals surface area (Å²) < 4.78 is 19.0. The number of nitrogens with two attached hydrogens (primary N) is 1. The Morgan fingerprint density at radius 1 is 1.19 bits per heavy atom. The molecule has 3 N–H and O–H groups in total. The number of hydrogen-bond acceptors (Lipinski definition) is 5. The van der Waals surface area contributed by atoms with Crippen LogP contribution in [0.1, 0.15) is 46.2 Å². The van der Waals surface area contributed by atoms with Crippen LogP contribution in [0.3, 0.4) is 0 Å². The molecule has 0 saturated carbocycles. The molecule has 146 valence electrons. The van der Waals surface area contributed by atoms with Gasteiger partial charge in [-0.3, -0.25) is 0 Å². The minimum Gasteiger partial charge on any atom is -0.415 e. The van der Waals surface area contributed by atoms with Crippen molar-refractivity contribution < 1.29 is 13.9 Å². The summed E-state index contributed by atoms with van der Waals surface area (Å²) in [5.41, 5.74) is 7.90. The highest BCUT2D eigenvalue weighted by Crippen LogP contribution is 2.43. The van der Waals surface area contributed by atoms with Crippen molar-refractivity contribution >= 4 is 14.0 Å². The summed E-state index contributed by atoms with van der Waals surface area (Å²) in [5.74, 6) is -0.578. The fourth-order valence-corrected chi connectivity index (χ4v) is 4.53. The summed E-state index contributed by atoms with van der Waals surface area (Å²) in [5, 5.41) is 3.88. The Bertz CT molecular complexity index is 657. The van der Waals surface area contributed by atoms with Crippen LogP contribution in [0.5, 0.6) is 0 Å². The molecule has 6 heteroatoms. The highest BCUT2D eigenvalue weighted by atomic mass is 28.4. The highest BCUT2D eigenvalue weighted by Gasteiger charge is 2.54. The molecule has 2 aliphatic heterocycles. The van der Waals surface area contributed by atoms with E-state index in [-0.39, 0.29) is 29.3 Å². The first-order valence-corrected chi connectivity index (χ1v) is 12.4. The van der Waals surface area contributed by atoms with Gasteiger partial charge in [0.1, 0.15) is 12.2 Å². The summed E-state index contributed by atoms with van der Waals surface area (Å²) in [6.07, 6.45) is -0.0685. The molecule has 2 heterocycles. The summed E-state index contributed by atoms with van der Waals surface area (Å²) in [6, 6.07) is 8.16. The van der Waals surface area contributed by atoms with Crippen LogP contribution in [0, 0.1) is 0 Å². The van der Waals surface area contributed by atoms with Gasteiger partial charge in [-0.15, -0.1) is 0 Å². The molecular formula is C20H34N2O3Si. The highest BCUT2D eigenvalue weighted by molar-refractivity contribution is 6.74. The van der Waals surface area contributed by atoms with Crippen molar-refractivity contribution in [3.63, 3.8) is 0 Å². The average Bonchev–Trinajstić information content (AvgIpc) is 2.97. The quantitative estimate of drug-likeness (QED) is 0.616. The second-order valence-electron chi connectivity index (χ2n) is 9.56.